The number of rotatable bonds is 4. The van der Waals surface area contributed by atoms with Gasteiger partial charge in [0.15, 0.2) is 0 Å². The molecule has 29 heavy (non-hydrogen) atoms. The summed E-state index contributed by atoms with van der Waals surface area (Å²) in [5.74, 6) is 4.07. The summed E-state index contributed by atoms with van der Waals surface area (Å²) in [7, 11) is 0. The van der Waals surface area contributed by atoms with Gasteiger partial charge < -0.3 is 10.2 Å². The predicted molar refractivity (Wildman–Crippen MR) is 121 cm³/mol. The zero-order valence-corrected chi connectivity index (χ0v) is 19.9. The standard InChI is InChI=1S/C27H46O2/c1-18(11-13-24(2,3)28)21-9-10-22-20-8-7-19-17-25(4,29)15-16-26(19,5)23(20)12-14-27(21,22)6/h7,18,20-23,28-29H,8-17H2,1-6H3/t18?,20-,21+,22-,23-,25-,26-,27+/m0/s1. The maximum absolute atomic E-state index is 10.7. The first-order valence-corrected chi connectivity index (χ1v) is 12.5. The van der Waals surface area contributed by atoms with Gasteiger partial charge in [0, 0.05) is 0 Å². The smallest absolute Gasteiger partial charge is 0.0657 e. The van der Waals surface area contributed by atoms with Crippen molar-refractivity contribution in [3.05, 3.63) is 11.6 Å². The SMILES string of the molecule is CC(CCC(C)(C)O)[C@H]1CC[C@H]2[C@@H]3CC=C4C[C@@](C)(O)CC[C@]4(C)[C@H]3CC[C@]12C. The zero-order chi connectivity index (χ0) is 21.2. The fourth-order valence-corrected chi connectivity index (χ4v) is 8.56. The van der Waals surface area contributed by atoms with Crippen LogP contribution in [0.1, 0.15) is 106 Å². The second-order valence-corrected chi connectivity index (χ2v) is 13.0. The van der Waals surface area contributed by atoms with E-state index in [0.29, 0.717) is 16.7 Å². The molecule has 166 valence electrons. The molecule has 1 unspecified atom stereocenters. The van der Waals surface area contributed by atoms with Gasteiger partial charge in [0.05, 0.1) is 11.2 Å². The minimum Gasteiger partial charge on any atom is -0.390 e. The van der Waals surface area contributed by atoms with Gasteiger partial charge in [0.1, 0.15) is 0 Å². The monoisotopic (exact) mass is 402 g/mol. The van der Waals surface area contributed by atoms with Gasteiger partial charge in [0.25, 0.3) is 0 Å². The van der Waals surface area contributed by atoms with E-state index in [-0.39, 0.29) is 0 Å². The fourth-order valence-electron chi connectivity index (χ4n) is 8.56. The highest BCUT2D eigenvalue weighted by atomic mass is 16.3. The Hall–Kier alpha value is -0.340. The second-order valence-electron chi connectivity index (χ2n) is 13.0. The van der Waals surface area contributed by atoms with Crippen LogP contribution in [0.4, 0.5) is 0 Å². The van der Waals surface area contributed by atoms with Crippen molar-refractivity contribution in [2.24, 2.45) is 40.4 Å². The third-order valence-corrected chi connectivity index (χ3v) is 10.4. The molecule has 0 spiro atoms. The molecule has 4 rings (SSSR count). The highest BCUT2D eigenvalue weighted by molar-refractivity contribution is 5.26. The Bertz CT molecular complexity index is 656. The van der Waals surface area contributed by atoms with Crippen molar-refractivity contribution in [1.29, 1.82) is 0 Å². The maximum atomic E-state index is 10.7. The first-order valence-electron chi connectivity index (χ1n) is 12.5. The van der Waals surface area contributed by atoms with Crippen molar-refractivity contribution in [3.63, 3.8) is 0 Å². The van der Waals surface area contributed by atoms with Gasteiger partial charge in [-0.25, -0.2) is 0 Å². The molecule has 4 aliphatic carbocycles. The van der Waals surface area contributed by atoms with Crippen molar-refractivity contribution in [3.8, 4) is 0 Å². The van der Waals surface area contributed by atoms with Crippen LogP contribution in [0, 0.1) is 40.4 Å². The van der Waals surface area contributed by atoms with Crippen LogP contribution in [-0.4, -0.2) is 21.4 Å². The maximum Gasteiger partial charge on any atom is 0.0657 e. The summed E-state index contributed by atoms with van der Waals surface area (Å²) in [6.45, 7) is 13.6. The molecule has 0 aromatic rings. The summed E-state index contributed by atoms with van der Waals surface area (Å²) in [5, 5.41) is 20.9. The molecule has 0 bridgehead atoms. The lowest BCUT2D eigenvalue weighted by Gasteiger charge is -2.59. The van der Waals surface area contributed by atoms with Crippen molar-refractivity contribution in [1.82, 2.24) is 0 Å². The fraction of sp³-hybridized carbons (Fsp3) is 0.926. The van der Waals surface area contributed by atoms with Crippen LogP contribution in [0.5, 0.6) is 0 Å². The molecule has 0 aromatic carbocycles. The second kappa shape index (κ2) is 7.09. The summed E-state index contributed by atoms with van der Waals surface area (Å²) in [5.41, 5.74) is 1.37. The summed E-state index contributed by atoms with van der Waals surface area (Å²) >= 11 is 0. The van der Waals surface area contributed by atoms with E-state index in [0.717, 1.165) is 49.4 Å². The van der Waals surface area contributed by atoms with Crippen LogP contribution >= 0.6 is 0 Å². The van der Waals surface area contributed by atoms with Crippen molar-refractivity contribution in [2.75, 3.05) is 0 Å². The van der Waals surface area contributed by atoms with E-state index in [1.807, 2.05) is 20.8 Å². The third kappa shape index (κ3) is 3.75. The molecule has 0 radical (unpaired) electrons. The molecule has 2 nitrogen and oxygen atoms in total. The van der Waals surface area contributed by atoms with Crippen LogP contribution in [0.2, 0.25) is 0 Å². The van der Waals surface area contributed by atoms with Crippen molar-refractivity contribution in [2.45, 2.75) is 117 Å². The molecular weight excluding hydrogens is 356 g/mol. The summed E-state index contributed by atoms with van der Waals surface area (Å²) in [6.07, 6.45) is 14.5. The lowest BCUT2D eigenvalue weighted by atomic mass is 9.46. The average Bonchev–Trinajstić information content (AvgIpc) is 2.97. The van der Waals surface area contributed by atoms with Crippen LogP contribution in [0.15, 0.2) is 11.6 Å². The third-order valence-electron chi connectivity index (χ3n) is 10.4. The van der Waals surface area contributed by atoms with E-state index in [4.69, 9.17) is 0 Å². The molecule has 2 N–H and O–H groups in total. The Morgan fingerprint density at radius 2 is 1.79 bits per heavy atom. The summed E-state index contributed by atoms with van der Waals surface area (Å²) < 4.78 is 0. The minimum atomic E-state index is -0.536. The Morgan fingerprint density at radius 3 is 2.48 bits per heavy atom. The first-order chi connectivity index (χ1) is 13.4. The quantitative estimate of drug-likeness (QED) is 0.527. The number of hydrogen-bond donors (Lipinski definition) is 2. The van der Waals surface area contributed by atoms with E-state index in [9.17, 15) is 10.2 Å². The number of allylic oxidation sites excluding steroid dienone is 1. The van der Waals surface area contributed by atoms with E-state index < -0.39 is 11.2 Å². The molecular formula is C27H46O2. The molecule has 0 heterocycles. The van der Waals surface area contributed by atoms with Gasteiger partial charge in [-0.3, -0.25) is 0 Å². The zero-order valence-electron chi connectivity index (χ0n) is 19.9. The van der Waals surface area contributed by atoms with Gasteiger partial charge >= 0.3 is 0 Å². The molecule has 0 aliphatic heterocycles. The first kappa shape index (κ1) is 21.9. The lowest BCUT2D eigenvalue weighted by molar-refractivity contribution is -0.0713. The van der Waals surface area contributed by atoms with Crippen molar-refractivity contribution >= 4 is 0 Å². The average molecular weight is 403 g/mol. The van der Waals surface area contributed by atoms with Crippen molar-refractivity contribution < 1.29 is 10.2 Å². The Kier molecular flexibility index (Phi) is 5.35. The Balaban J connectivity index is 1.53. The van der Waals surface area contributed by atoms with Gasteiger partial charge in [-0.2, -0.15) is 0 Å². The van der Waals surface area contributed by atoms with Gasteiger partial charge in [0.2, 0.25) is 0 Å². The van der Waals surface area contributed by atoms with Gasteiger partial charge in [-0.15, -0.1) is 0 Å². The van der Waals surface area contributed by atoms with Crippen LogP contribution in [0.25, 0.3) is 0 Å². The molecule has 4 aliphatic rings. The predicted octanol–water partition coefficient (Wildman–Crippen LogP) is 6.50. The minimum absolute atomic E-state index is 0.330. The van der Waals surface area contributed by atoms with Crippen LogP contribution < -0.4 is 0 Å². The number of fused-ring (bicyclic) bond motifs is 5. The number of hydrogen-bond acceptors (Lipinski definition) is 2. The normalized spacial score (nSPS) is 48.3. The topological polar surface area (TPSA) is 40.5 Å². The molecule has 3 fully saturated rings. The molecule has 2 heteroatoms. The van der Waals surface area contributed by atoms with Gasteiger partial charge in [-0.1, -0.05) is 32.4 Å². The highest BCUT2D eigenvalue weighted by Crippen LogP contribution is 2.67. The highest BCUT2D eigenvalue weighted by Gasteiger charge is 2.59. The number of aliphatic hydroxyl groups is 2. The van der Waals surface area contributed by atoms with E-state index in [2.05, 4.69) is 26.8 Å². The molecule has 8 atom stereocenters. The lowest BCUT2D eigenvalue weighted by Crippen LogP contribution is -2.52. The van der Waals surface area contributed by atoms with Gasteiger partial charge in [-0.05, 0) is 125 Å². The summed E-state index contributed by atoms with van der Waals surface area (Å²) in [6, 6.07) is 0. The largest absolute Gasteiger partial charge is 0.390 e. The Morgan fingerprint density at radius 1 is 1.07 bits per heavy atom. The van der Waals surface area contributed by atoms with E-state index in [1.54, 1.807) is 5.57 Å². The molecule has 0 amide bonds. The molecule has 0 aromatic heterocycles. The molecule has 0 saturated heterocycles. The van der Waals surface area contributed by atoms with Crippen LogP contribution in [0.3, 0.4) is 0 Å². The molecule has 3 saturated carbocycles. The summed E-state index contributed by atoms with van der Waals surface area (Å²) in [4.78, 5) is 0. The van der Waals surface area contributed by atoms with Crippen LogP contribution in [-0.2, 0) is 0 Å². The Labute approximate surface area is 179 Å². The van der Waals surface area contributed by atoms with E-state index >= 15 is 0 Å². The van der Waals surface area contributed by atoms with E-state index in [1.165, 1.54) is 38.5 Å².